The Bertz CT molecular complexity index is 899. The first-order valence-corrected chi connectivity index (χ1v) is 10.8. The lowest BCUT2D eigenvalue weighted by Crippen LogP contribution is -2.35. The number of rotatable bonds is 5. The van der Waals surface area contributed by atoms with E-state index in [9.17, 15) is 9.90 Å². The number of carbonyl (C=O) groups excluding carboxylic acids is 1. The van der Waals surface area contributed by atoms with Crippen LogP contribution in [-0.2, 0) is 0 Å². The van der Waals surface area contributed by atoms with Crippen LogP contribution in [0.5, 0.6) is 5.75 Å². The molecule has 2 aromatic rings. The summed E-state index contributed by atoms with van der Waals surface area (Å²) in [7, 11) is 0. The van der Waals surface area contributed by atoms with E-state index in [0.717, 1.165) is 29.5 Å². The van der Waals surface area contributed by atoms with Crippen LogP contribution in [0.15, 0.2) is 54.1 Å². The molecule has 2 N–H and O–H groups in total. The number of amides is 1. The molecule has 4 rings (SSSR count). The highest BCUT2D eigenvalue weighted by molar-refractivity contribution is 5.95. The number of fused-ring (bicyclic) bond motifs is 2. The summed E-state index contributed by atoms with van der Waals surface area (Å²) in [6.07, 6.45) is 4.56. The number of phenols is 1. The lowest BCUT2D eigenvalue weighted by Gasteiger charge is -2.27. The minimum atomic E-state index is 0.0769. The van der Waals surface area contributed by atoms with Crippen LogP contribution in [0.2, 0.25) is 0 Å². The zero-order chi connectivity index (χ0) is 20.4. The Morgan fingerprint density at radius 3 is 2.17 bits per heavy atom. The molecule has 2 aliphatic rings. The molecule has 2 atom stereocenters. The van der Waals surface area contributed by atoms with Crippen molar-refractivity contribution >= 4 is 11.5 Å². The van der Waals surface area contributed by atoms with Gasteiger partial charge in [0.05, 0.1) is 0 Å². The van der Waals surface area contributed by atoms with Crippen molar-refractivity contribution in [3.8, 4) is 5.75 Å². The number of hydrogen-bond donors (Lipinski definition) is 2. The fraction of sp³-hybridized carbons (Fsp3) is 0.400. The number of aromatic hydroxyl groups is 1. The highest BCUT2D eigenvalue weighted by atomic mass is 16.3. The maximum atomic E-state index is 12.7. The number of nitrogens with zero attached hydrogens (tertiary/aromatic N) is 1. The molecule has 0 saturated carbocycles. The number of phenolic OH excluding ortho intramolecular Hbond substituents is 1. The SMILES string of the molecule is CCN(CC)C(=O)c1ccc(C(=C2CC3CCC(C2)N3)c2cccc(O)c2)cc1. The van der Waals surface area contributed by atoms with E-state index in [-0.39, 0.29) is 11.7 Å². The van der Waals surface area contributed by atoms with Crippen molar-refractivity contribution in [3.05, 3.63) is 70.8 Å². The van der Waals surface area contributed by atoms with Crippen molar-refractivity contribution in [2.75, 3.05) is 13.1 Å². The molecule has 2 bridgehead atoms. The summed E-state index contributed by atoms with van der Waals surface area (Å²) in [6.45, 7) is 5.44. The molecule has 29 heavy (non-hydrogen) atoms. The molecule has 0 aliphatic carbocycles. The second-order valence-corrected chi connectivity index (χ2v) is 8.13. The molecule has 2 heterocycles. The number of piperidine rings is 1. The second-order valence-electron chi connectivity index (χ2n) is 8.13. The van der Waals surface area contributed by atoms with E-state index in [0.29, 0.717) is 25.2 Å². The van der Waals surface area contributed by atoms with E-state index >= 15 is 0 Å². The van der Waals surface area contributed by atoms with Crippen LogP contribution in [-0.4, -0.2) is 41.1 Å². The van der Waals surface area contributed by atoms with Crippen molar-refractivity contribution in [3.63, 3.8) is 0 Å². The molecule has 2 aliphatic heterocycles. The zero-order valence-corrected chi connectivity index (χ0v) is 17.3. The van der Waals surface area contributed by atoms with Crippen LogP contribution < -0.4 is 5.32 Å². The third kappa shape index (κ3) is 4.08. The first kappa shape index (κ1) is 19.7. The molecule has 152 valence electrons. The van der Waals surface area contributed by atoms with E-state index in [1.807, 2.05) is 43.0 Å². The van der Waals surface area contributed by atoms with Gasteiger partial charge in [0.25, 0.3) is 5.91 Å². The first-order chi connectivity index (χ1) is 14.1. The van der Waals surface area contributed by atoms with Crippen molar-refractivity contribution in [2.45, 2.75) is 51.6 Å². The van der Waals surface area contributed by atoms with E-state index in [1.54, 1.807) is 6.07 Å². The highest BCUT2D eigenvalue weighted by Crippen LogP contribution is 2.38. The molecular formula is C25H30N2O2. The van der Waals surface area contributed by atoms with Gasteiger partial charge in [-0.2, -0.15) is 0 Å². The lowest BCUT2D eigenvalue weighted by molar-refractivity contribution is 0.0773. The van der Waals surface area contributed by atoms with Gasteiger partial charge in [0.15, 0.2) is 0 Å². The average molecular weight is 391 g/mol. The minimum absolute atomic E-state index is 0.0769. The third-order valence-electron chi connectivity index (χ3n) is 6.28. The number of benzene rings is 2. The third-order valence-corrected chi connectivity index (χ3v) is 6.28. The highest BCUT2D eigenvalue weighted by Gasteiger charge is 2.32. The summed E-state index contributed by atoms with van der Waals surface area (Å²) in [5.41, 5.74) is 5.54. The van der Waals surface area contributed by atoms with Gasteiger partial charge in [0, 0.05) is 30.7 Å². The standard InChI is InChI=1S/C25H30N2O2/c1-3-27(4-2)25(29)18-10-8-17(9-11-18)24(19-6-5-7-23(28)16-19)20-14-21-12-13-22(15-20)26-21/h5-11,16,21-22,26,28H,3-4,12-15H2,1-2H3. The van der Waals surface area contributed by atoms with Gasteiger partial charge >= 0.3 is 0 Å². The Morgan fingerprint density at radius 1 is 0.966 bits per heavy atom. The molecule has 0 aromatic heterocycles. The second kappa shape index (κ2) is 8.42. The smallest absolute Gasteiger partial charge is 0.253 e. The van der Waals surface area contributed by atoms with Gasteiger partial charge in [-0.25, -0.2) is 0 Å². The van der Waals surface area contributed by atoms with Gasteiger partial charge in [-0.3, -0.25) is 4.79 Å². The fourth-order valence-electron chi connectivity index (χ4n) is 4.82. The van der Waals surface area contributed by atoms with Gasteiger partial charge in [-0.1, -0.05) is 29.8 Å². The van der Waals surface area contributed by atoms with E-state index < -0.39 is 0 Å². The quantitative estimate of drug-likeness (QED) is 0.785. The average Bonchev–Trinajstić information content (AvgIpc) is 3.07. The van der Waals surface area contributed by atoms with Gasteiger partial charge in [-0.05, 0) is 80.5 Å². The summed E-state index contributed by atoms with van der Waals surface area (Å²) in [4.78, 5) is 14.5. The van der Waals surface area contributed by atoms with Crippen molar-refractivity contribution in [2.24, 2.45) is 0 Å². The number of carbonyl (C=O) groups is 1. The summed E-state index contributed by atoms with van der Waals surface area (Å²) in [5, 5.41) is 13.8. The normalized spacial score (nSPS) is 20.6. The minimum Gasteiger partial charge on any atom is -0.508 e. The Hall–Kier alpha value is -2.59. The monoisotopic (exact) mass is 390 g/mol. The van der Waals surface area contributed by atoms with Crippen LogP contribution in [0.3, 0.4) is 0 Å². The molecule has 4 heteroatoms. The van der Waals surface area contributed by atoms with Crippen molar-refractivity contribution in [1.82, 2.24) is 10.2 Å². The van der Waals surface area contributed by atoms with Crippen molar-refractivity contribution < 1.29 is 9.90 Å². The Kier molecular flexibility index (Phi) is 5.72. The molecular weight excluding hydrogens is 360 g/mol. The van der Waals surface area contributed by atoms with Gasteiger partial charge in [0.1, 0.15) is 5.75 Å². The predicted molar refractivity (Wildman–Crippen MR) is 117 cm³/mol. The van der Waals surface area contributed by atoms with Gasteiger partial charge in [0.2, 0.25) is 0 Å². The van der Waals surface area contributed by atoms with Crippen LogP contribution in [0.4, 0.5) is 0 Å². The Morgan fingerprint density at radius 2 is 1.59 bits per heavy atom. The van der Waals surface area contributed by atoms with E-state index in [4.69, 9.17) is 0 Å². The summed E-state index contributed by atoms with van der Waals surface area (Å²) in [5.74, 6) is 0.360. The van der Waals surface area contributed by atoms with Crippen molar-refractivity contribution in [1.29, 1.82) is 0 Å². The first-order valence-electron chi connectivity index (χ1n) is 10.8. The maximum absolute atomic E-state index is 12.7. The maximum Gasteiger partial charge on any atom is 0.253 e. The molecule has 0 radical (unpaired) electrons. The number of nitrogens with one attached hydrogen (secondary N) is 1. The summed E-state index contributed by atoms with van der Waals surface area (Å²) >= 11 is 0. The molecule has 4 nitrogen and oxygen atoms in total. The molecule has 2 saturated heterocycles. The largest absolute Gasteiger partial charge is 0.508 e. The lowest BCUT2D eigenvalue weighted by atomic mass is 9.86. The van der Waals surface area contributed by atoms with Gasteiger partial charge in [-0.15, -0.1) is 0 Å². The van der Waals surface area contributed by atoms with E-state index in [2.05, 4.69) is 23.5 Å². The van der Waals surface area contributed by atoms with Crippen LogP contribution in [0.25, 0.3) is 5.57 Å². The van der Waals surface area contributed by atoms with Crippen LogP contribution >= 0.6 is 0 Å². The fourth-order valence-corrected chi connectivity index (χ4v) is 4.82. The topological polar surface area (TPSA) is 52.6 Å². The zero-order valence-electron chi connectivity index (χ0n) is 17.3. The van der Waals surface area contributed by atoms with Crippen LogP contribution in [0, 0.1) is 0 Å². The van der Waals surface area contributed by atoms with E-state index in [1.165, 1.54) is 24.0 Å². The molecule has 1 amide bonds. The predicted octanol–water partition coefficient (Wildman–Crippen LogP) is 4.59. The molecule has 2 unspecified atom stereocenters. The van der Waals surface area contributed by atoms with Crippen LogP contribution in [0.1, 0.15) is 61.0 Å². The molecule has 2 aromatic carbocycles. The van der Waals surface area contributed by atoms with Gasteiger partial charge < -0.3 is 15.3 Å². The number of hydrogen-bond acceptors (Lipinski definition) is 3. The summed E-state index contributed by atoms with van der Waals surface area (Å²) < 4.78 is 0. The molecule has 2 fully saturated rings. The molecule has 0 spiro atoms. The summed E-state index contributed by atoms with van der Waals surface area (Å²) in [6, 6.07) is 16.6. The Labute approximate surface area is 173 Å². The Balaban J connectivity index is 1.73.